The molecule has 3 heteroatoms. The molecule has 90 valence electrons. The zero-order valence-electron chi connectivity index (χ0n) is 9.78. The van der Waals surface area contributed by atoms with Gasteiger partial charge in [-0.2, -0.15) is 0 Å². The molecule has 0 aliphatic heterocycles. The Balaban J connectivity index is 1.67. The zero-order chi connectivity index (χ0) is 11.2. The molecule has 4 bridgehead atoms. The Morgan fingerprint density at radius 1 is 1.12 bits per heavy atom. The highest BCUT2D eigenvalue weighted by molar-refractivity contribution is 5.71. The van der Waals surface area contributed by atoms with E-state index in [0.717, 1.165) is 17.8 Å². The summed E-state index contributed by atoms with van der Waals surface area (Å²) in [6.07, 6.45) is 8.17. The molecule has 3 nitrogen and oxygen atoms in total. The van der Waals surface area contributed by atoms with Crippen LogP contribution in [-0.2, 0) is 9.53 Å². The summed E-state index contributed by atoms with van der Waals surface area (Å²) in [5.41, 5.74) is 5.61. The van der Waals surface area contributed by atoms with Gasteiger partial charge in [-0.05, 0) is 56.3 Å². The second-order valence-electron chi connectivity index (χ2n) is 6.28. The van der Waals surface area contributed by atoms with E-state index in [9.17, 15) is 4.79 Å². The number of carbonyl (C=O) groups is 1. The van der Waals surface area contributed by atoms with Crippen molar-refractivity contribution in [1.82, 2.24) is 0 Å². The third-order valence-corrected chi connectivity index (χ3v) is 4.87. The van der Waals surface area contributed by atoms with Crippen LogP contribution in [0.15, 0.2) is 0 Å². The molecular weight excluding hydrogens is 202 g/mol. The van der Waals surface area contributed by atoms with E-state index in [1.165, 1.54) is 38.5 Å². The van der Waals surface area contributed by atoms with Crippen LogP contribution >= 0.6 is 0 Å². The Morgan fingerprint density at radius 2 is 1.62 bits per heavy atom. The van der Waals surface area contributed by atoms with E-state index >= 15 is 0 Å². The molecule has 4 rings (SSSR count). The molecule has 0 amide bonds. The molecule has 0 radical (unpaired) electrons. The van der Waals surface area contributed by atoms with Crippen LogP contribution in [0.25, 0.3) is 0 Å². The molecule has 0 aromatic heterocycles. The first-order valence-electron chi connectivity index (χ1n) is 6.55. The number of rotatable bonds is 3. The molecule has 0 aromatic carbocycles. The largest absolute Gasteiger partial charge is 0.464 e. The van der Waals surface area contributed by atoms with Gasteiger partial charge in [0.05, 0.1) is 13.2 Å². The minimum atomic E-state index is -0.240. The first-order chi connectivity index (χ1) is 7.69. The molecule has 0 heterocycles. The lowest BCUT2D eigenvalue weighted by atomic mass is 9.50. The molecule has 0 unspecified atom stereocenters. The molecule has 4 aliphatic carbocycles. The summed E-state index contributed by atoms with van der Waals surface area (Å²) in [5.74, 6) is 2.52. The summed E-state index contributed by atoms with van der Waals surface area (Å²) in [6, 6.07) is 0. The molecule has 4 fully saturated rings. The maximum atomic E-state index is 11.2. The minimum Gasteiger partial charge on any atom is -0.464 e. The maximum Gasteiger partial charge on any atom is 0.319 e. The van der Waals surface area contributed by atoms with Crippen LogP contribution in [0.3, 0.4) is 0 Å². The van der Waals surface area contributed by atoms with Crippen LogP contribution < -0.4 is 5.73 Å². The fourth-order valence-electron chi connectivity index (χ4n) is 4.76. The van der Waals surface area contributed by atoms with Gasteiger partial charge in [0, 0.05) is 5.41 Å². The Hall–Kier alpha value is -0.570. The van der Waals surface area contributed by atoms with Gasteiger partial charge in [-0.25, -0.2) is 0 Å². The quantitative estimate of drug-likeness (QED) is 0.741. The molecule has 0 spiro atoms. The second-order valence-corrected chi connectivity index (χ2v) is 6.28. The van der Waals surface area contributed by atoms with Crippen molar-refractivity contribution in [2.45, 2.75) is 38.5 Å². The molecule has 4 saturated carbocycles. The number of carbonyl (C=O) groups excluding carboxylic acids is 1. The van der Waals surface area contributed by atoms with Crippen LogP contribution in [0.2, 0.25) is 0 Å². The van der Waals surface area contributed by atoms with Crippen LogP contribution in [-0.4, -0.2) is 19.1 Å². The van der Waals surface area contributed by atoms with Crippen LogP contribution in [0.4, 0.5) is 0 Å². The van der Waals surface area contributed by atoms with Crippen LogP contribution in [0.5, 0.6) is 0 Å². The molecule has 0 aromatic rings. The monoisotopic (exact) mass is 223 g/mol. The van der Waals surface area contributed by atoms with Crippen molar-refractivity contribution in [2.24, 2.45) is 28.9 Å². The molecular formula is C13H21NO2. The van der Waals surface area contributed by atoms with Crippen molar-refractivity contribution in [2.75, 3.05) is 13.2 Å². The van der Waals surface area contributed by atoms with E-state index in [0.29, 0.717) is 12.0 Å². The number of nitrogens with two attached hydrogens (primary N) is 1. The smallest absolute Gasteiger partial charge is 0.319 e. The summed E-state index contributed by atoms with van der Waals surface area (Å²) in [7, 11) is 0. The Bertz CT molecular complexity index is 265. The predicted molar refractivity (Wildman–Crippen MR) is 60.6 cm³/mol. The van der Waals surface area contributed by atoms with E-state index in [1.54, 1.807) is 0 Å². The van der Waals surface area contributed by atoms with Gasteiger partial charge < -0.3 is 10.5 Å². The Morgan fingerprint density at radius 3 is 2.06 bits per heavy atom. The van der Waals surface area contributed by atoms with Gasteiger partial charge in [0.1, 0.15) is 0 Å². The van der Waals surface area contributed by atoms with E-state index in [1.807, 2.05) is 0 Å². The van der Waals surface area contributed by atoms with Crippen molar-refractivity contribution in [3.8, 4) is 0 Å². The van der Waals surface area contributed by atoms with Gasteiger partial charge in [-0.15, -0.1) is 0 Å². The summed E-state index contributed by atoms with van der Waals surface area (Å²) in [4.78, 5) is 11.2. The SMILES string of the molecule is NCC(=O)OCC12CC3CC(CC(C3)C1)C2. The summed E-state index contributed by atoms with van der Waals surface area (Å²) >= 11 is 0. The maximum absolute atomic E-state index is 11.2. The lowest BCUT2D eigenvalue weighted by molar-refractivity contribution is -0.153. The van der Waals surface area contributed by atoms with Crippen molar-refractivity contribution < 1.29 is 9.53 Å². The van der Waals surface area contributed by atoms with Gasteiger partial charge in [0.15, 0.2) is 0 Å². The fourth-order valence-corrected chi connectivity index (χ4v) is 4.76. The molecule has 16 heavy (non-hydrogen) atoms. The van der Waals surface area contributed by atoms with Gasteiger partial charge in [0.2, 0.25) is 0 Å². The molecule has 0 saturated heterocycles. The normalized spacial score (nSPS) is 44.7. The molecule has 0 atom stereocenters. The standard InChI is InChI=1S/C13H21NO2/c14-7-12(15)16-8-13-4-9-1-10(5-13)3-11(2-9)6-13/h9-11H,1-8,14H2. The van der Waals surface area contributed by atoms with Crippen molar-refractivity contribution in [3.63, 3.8) is 0 Å². The Kier molecular flexibility index (Phi) is 2.46. The molecule has 4 aliphatic rings. The number of esters is 1. The van der Waals surface area contributed by atoms with E-state index in [4.69, 9.17) is 10.5 Å². The summed E-state index contributed by atoms with van der Waals surface area (Å²) in [5, 5.41) is 0. The lowest BCUT2D eigenvalue weighted by Gasteiger charge is -2.56. The fraction of sp³-hybridized carbons (Fsp3) is 0.923. The van der Waals surface area contributed by atoms with E-state index in [2.05, 4.69) is 0 Å². The summed E-state index contributed by atoms with van der Waals surface area (Å²) in [6.45, 7) is 0.652. The first-order valence-corrected chi connectivity index (χ1v) is 6.55. The molecule has 2 N–H and O–H groups in total. The number of hydrogen-bond donors (Lipinski definition) is 1. The highest BCUT2D eigenvalue weighted by Gasteiger charge is 2.51. The van der Waals surface area contributed by atoms with Crippen molar-refractivity contribution in [1.29, 1.82) is 0 Å². The average molecular weight is 223 g/mol. The van der Waals surface area contributed by atoms with Crippen molar-refractivity contribution in [3.05, 3.63) is 0 Å². The van der Waals surface area contributed by atoms with Gasteiger partial charge in [-0.3, -0.25) is 4.79 Å². The highest BCUT2D eigenvalue weighted by Crippen LogP contribution is 2.59. The topological polar surface area (TPSA) is 52.3 Å². The number of ether oxygens (including phenoxy) is 1. The summed E-state index contributed by atoms with van der Waals surface area (Å²) < 4.78 is 5.31. The number of hydrogen-bond acceptors (Lipinski definition) is 3. The van der Waals surface area contributed by atoms with Gasteiger partial charge in [-0.1, -0.05) is 0 Å². The lowest BCUT2D eigenvalue weighted by Crippen LogP contribution is -2.48. The first kappa shape index (κ1) is 10.6. The zero-order valence-corrected chi connectivity index (χ0v) is 9.78. The van der Waals surface area contributed by atoms with Gasteiger partial charge in [0.25, 0.3) is 0 Å². The van der Waals surface area contributed by atoms with E-state index < -0.39 is 0 Å². The van der Waals surface area contributed by atoms with Gasteiger partial charge >= 0.3 is 5.97 Å². The minimum absolute atomic E-state index is 0.0202. The van der Waals surface area contributed by atoms with E-state index in [-0.39, 0.29) is 12.5 Å². The Labute approximate surface area is 96.7 Å². The highest BCUT2D eigenvalue weighted by atomic mass is 16.5. The second kappa shape index (κ2) is 3.73. The van der Waals surface area contributed by atoms with Crippen LogP contribution in [0, 0.1) is 23.2 Å². The third kappa shape index (κ3) is 1.75. The third-order valence-electron chi connectivity index (χ3n) is 4.87. The predicted octanol–water partition coefficient (Wildman–Crippen LogP) is 1.70. The average Bonchev–Trinajstić information content (AvgIpc) is 2.24. The van der Waals surface area contributed by atoms with Crippen LogP contribution in [0.1, 0.15) is 38.5 Å². The van der Waals surface area contributed by atoms with Crippen molar-refractivity contribution >= 4 is 5.97 Å².